The molecule has 0 spiro atoms. The van der Waals surface area contributed by atoms with Gasteiger partial charge >= 0.3 is 23.9 Å². The number of rotatable bonds is 22. The van der Waals surface area contributed by atoms with Crippen LogP contribution in [0, 0.1) is 23.3 Å². The Balaban J connectivity index is 0.000000537. The molecule has 0 aromatic heterocycles. The smallest absolute Gasteiger partial charge is 0.306 e. The van der Waals surface area contributed by atoms with Gasteiger partial charge in [-0.15, -0.1) is 0 Å². The molecule has 0 radical (unpaired) electrons. The van der Waals surface area contributed by atoms with E-state index in [2.05, 4.69) is 9.47 Å². The Bertz CT molecular complexity index is 2550. The summed E-state index contributed by atoms with van der Waals surface area (Å²) in [6.07, 6.45) is 3.64. The molecule has 0 saturated carbocycles. The number of methoxy groups -OCH3 is 4. The minimum Gasteiger partial charge on any atom is -0.508 e. The molecule has 0 unspecified atom stereocenters. The van der Waals surface area contributed by atoms with Crippen molar-refractivity contribution in [3.8, 4) is 23.0 Å². The van der Waals surface area contributed by atoms with Gasteiger partial charge in [-0.25, -0.2) is 17.6 Å². The van der Waals surface area contributed by atoms with Crippen molar-refractivity contribution in [2.45, 2.75) is 131 Å². The Hall–Kier alpha value is -7.88. The van der Waals surface area contributed by atoms with E-state index in [0.29, 0.717) is 48.7 Å². The second-order valence-electron chi connectivity index (χ2n) is 18.0. The van der Waals surface area contributed by atoms with Gasteiger partial charge in [0.25, 0.3) is 0 Å². The largest absolute Gasteiger partial charge is 0.508 e. The fourth-order valence-corrected chi connectivity index (χ4v) is 8.08. The molecule has 436 valence electrons. The molecule has 0 aliphatic heterocycles. The van der Waals surface area contributed by atoms with E-state index in [1.165, 1.54) is 77.0 Å². The van der Waals surface area contributed by atoms with Gasteiger partial charge in [-0.2, -0.15) is 0 Å². The Morgan fingerprint density at radius 3 is 0.875 bits per heavy atom. The lowest BCUT2D eigenvalue weighted by atomic mass is 9.93. The van der Waals surface area contributed by atoms with Gasteiger partial charge in [0.1, 0.15) is 59.5 Å². The summed E-state index contributed by atoms with van der Waals surface area (Å²) in [5.41, 5.74) is 4.76. The molecular weight excluding hydrogens is 1040 g/mol. The van der Waals surface area contributed by atoms with E-state index in [9.17, 15) is 47.0 Å². The Labute approximate surface area is 470 Å². The molecule has 0 fully saturated rings. The fraction of sp³-hybridized carbons (Fsp3) is 0.375. The summed E-state index contributed by atoms with van der Waals surface area (Å²) in [6, 6.07) is 36.3. The number of ether oxygens (including phenoxy) is 6. The summed E-state index contributed by atoms with van der Waals surface area (Å²) in [5, 5.41) is 18.5. The molecule has 2 N–H and O–H groups in total. The maximum atomic E-state index is 13.9. The van der Waals surface area contributed by atoms with E-state index >= 15 is 0 Å². The van der Waals surface area contributed by atoms with Crippen LogP contribution in [-0.2, 0) is 51.3 Å². The van der Waals surface area contributed by atoms with Crippen molar-refractivity contribution in [1.29, 1.82) is 0 Å². The highest BCUT2D eigenvalue weighted by Gasteiger charge is 2.20. The Morgan fingerprint density at radius 2 is 0.637 bits per heavy atom. The second kappa shape index (κ2) is 37.8. The molecule has 80 heavy (non-hydrogen) atoms. The lowest BCUT2D eigenvalue weighted by Crippen LogP contribution is -2.08. The Morgan fingerprint density at radius 1 is 0.388 bits per heavy atom. The van der Waals surface area contributed by atoms with Gasteiger partial charge in [0, 0.05) is 24.3 Å². The van der Waals surface area contributed by atoms with Gasteiger partial charge in [-0.1, -0.05) is 103 Å². The Kier molecular flexibility index (Phi) is 33.2. The average Bonchev–Trinajstić information content (AvgIpc) is 3.43. The number of phenolic OH excluding ortho intramolecular Hbond substituents is 2. The number of hydrogen-bond donors (Lipinski definition) is 2. The van der Waals surface area contributed by atoms with Crippen LogP contribution in [-0.4, -0.2) is 62.5 Å². The van der Waals surface area contributed by atoms with Gasteiger partial charge in [-0.05, 0) is 131 Å². The number of esters is 4. The van der Waals surface area contributed by atoms with Crippen LogP contribution in [0.15, 0.2) is 133 Å². The summed E-state index contributed by atoms with van der Waals surface area (Å²) >= 11 is 0. The van der Waals surface area contributed by atoms with Crippen LogP contribution in [0.3, 0.4) is 0 Å². The maximum Gasteiger partial charge on any atom is 0.306 e. The molecule has 0 heterocycles. The van der Waals surface area contributed by atoms with Crippen LogP contribution < -0.4 is 9.47 Å². The lowest BCUT2D eigenvalue weighted by Gasteiger charge is -2.16. The topological polar surface area (TPSA) is 164 Å². The second-order valence-corrected chi connectivity index (χ2v) is 18.0. The van der Waals surface area contributed by atoms with E-state index in [1.807, 2.05) is 88.4 Å². The van der Waals surface area contributed by atoms with Crippen molar-refractivity contribution in [3.05, 3.63) is 190 Å². The summed E-state index contributed by atoms with van der Waals surface area (Å²) in [7, 11) is 5.35. The van der Waals surface area contributed by atoms with E-state index in [1.54, 1.807) is 12.1 Å². The monoisotopic (exact) mass is 1120 g/mol. The van der Waals surface area contributed by atoms with Crippen molar-refractivity contribution in [1.82, 2.24) is 0 Å². The zero-order valence-corrected chi connectivity index (χ0v) is 45.6. The number of carbonyl (C=O) groups excluding carboxylic acids is 4. The summed E-state index contributed by atoms with van der Waals surface area (Å²) < 4.78 is 83.8. The average molecular weight is 1120 g/mol. The highest BCUT2D eigenvalue weighted by Crippen LogP contribution is 2.32. The lowest BCUT2D eigenvalue weighted by molar-refractivity contribution is -0.142. The molecular formula is C64H80F4O12. The third kappa shape index (κ3) is 25.7. The normalized spacial score (nSPS) is 11.7. The highest BCUT2D eigenvalue weighted by atomic mass is 19.1. The molecule has 16 heteroatoms. The molecule has 0 amide bonds. The van der Waals surface area contributed by atoms with Crippen molar-refractivity contribution >= 4 is 23.9 Å². The van der Waals surface area contributed by atoms with Crippen LogP contribution in [0.2, 0.25) is 0 Å². The van der Waals surface area contributed by atoms with Crippen LogP contribution in [0.4, 0.5) is 17.6 Å². The SMILES string of the molecule is C.C.CC[C@@H](CC(=O)OC)c1cc(F)cc(OCc2ccccc2)c1.CC[C@@H](CC(=O)OC)c1cc(O)cc(F)c1.CC[C@H](CC(=O)OC)c1cc(F)cc(OCc2ccccc2)c1.CC[C@H](CC(=O)OC)c1cc(O)cc(F)c1. The third-order valence-electron chi connectivity index (χ3n) is 12.5. The van der Waals surface area contributed by atoms with Gasteiger partial charge in [0.15, 0.2) is 0 Å². The molecule has 0 aliphatic carbocycles. The van der Waals surface area contributed by atoms with E-state index in [-0.39, 0.29) is 111 Å². The molecule has 6 aromatic carbocycles. The minimum atomic E-state index is -0.502. The molecule has 0 saturated heterocycles. The highest BCUT2D eigenvalue weighted by molar-refractivity contribution is 5.71. The molecule has 12 nitrogen and oxygen atoms in total. The first kappa shape index (κ1) is 70.1. The fourth-order valence-electron chi connectivity index (χ4n) is 8.08. The van der Waals surface area contributed by atoms with Crippen LogP contribution in [0.1, 0.15) is 151 Å². The summed E-state index contributed by atoms with van der Waals surface area (Å²) in [6.45, 7) is 8.46. The van der Waals surface area contributed by atoms with Gasteiger partial charge in [-0.3, -0.25) is 19.2 Å². The molecule has 0 bridgehead atoms. The first-order chi connectivity index (χ1) is 37.4. The van der Waals surface area contributed by atoms with Crippen LogP contribution in [0.25, 0.3) is 0 Å². The van der Waals surface area contributed by atoms with Crippen LogP contribution >= 0.6 is 0 Å². The van der Waals surface area contributed by atoms with Crippen molar-refractivity contribution in [2.75, 3.05) is 28.4 Å². The molecule has 0 aliphatic rings. The number of phenols is 2. The maximum absolute atomic E-state index is 13.9. The number of hydrogen-bond acceptors (Lipinski definition) is 12. The van der Waals surface area contributed by atoms with Crippen molar-refractivity contribution in [3.63, 3.8) is 0 Å². The predicted molar refractivity (Wildman–Crippen MR) is 303 cm³/mol. The van der Waals surface area contributed by atoms with E-state index in [4.69, 9.17) is 18.9 Å². The zero-order chi connectivity index (χ0) is 57.6. The first-order valence-electron chi connectivity index (χ1n) is 25.6. The number of benzene rings is 6. The van der Waals surface area contributed by atoms with Gasteiger partial charge in [0.05, 0.1) is 54.1 Å². The molecule has 4 atom stereocenters. The first-order valence-corrected chi connectivity index (χ1v) is 25.6. The number of aromatic hydroxyl groups is 2. The van der Waals surface area contributed by atoms with Gasteiger partial charge in [0.2, 0.25) is 0 Å². The van der Waals surface area contributed by atoms with E-state index < -0.39 is 11.6 Å². The van der Waals surface area contributed by atoms with Gasteiger partial charge < -0.3 is 38.6 Å². The molecule has 6 rings (SSSR count). The van der Waals surface area contributed by atoms with Crippen molar-refractivity contribution in [2.24, 2.45) is 0 Å². The third-order valence-corrected chi connectivity index (χ3v) is 12.5. The molecule has 6 aromatic rings. The van der Waals surface area contributed by atoms with Crippen molar-refractivity contribution < 1.29 is 75.4 Å². The zero-order valence-electron chi connectivity index (χ0n) is 45.6. The minimum absolute atomic E-state index is 0. The number of halogens is 4. The van der Waals surface area contributed by atoms with E-state index in [0.717, 1.165) is 47.2 Å². The van der Waals surface area contributed by atoms with Crippen LogP contribution in [0.5, 0.6) is 23.0 Å². The number of carbonyl (C=O) groups is 4. The summed E-state index contributed by atoms with van der Waals surface area (Å²) in [5.74, 6) is -2.76. The quantitative estimate of drug-likeness (QED) is 0.0376. The summed E-state index contributed by atoms with van der Waals surface area (Å²) in [4.78, 5) is 45.3. The standard InChI is InChI=1S/2C19H21FO3.2C12H15FO3.2CH4/c2*1-3-15(11-19(21)22-2)16-9-17(20)12-18(10-16)23-13-14-7-5-4-6-8-14;2*1-3-8(6-12(15)16-2)9-4-10(13)7-11(14)5-9;;/h2*4-10,12,15H,3,11,13H2,1-2H3;2*4-5,7-8,14H,3,6H2,1-2H3;2*1H4/t2*15-;2*8-;;/m1010../s1. The predicted octanol–water partition coefficient (Wildman–Crippen LogP) is 15.4.